The number of phenols is 3. The van der Waals surface area contributed by atoms with E-state index in [1.54, 1.807) is 0 Å². The molecule has 0 radical (unpaired) electrons. The van der Waals surface area contributed by atoms with E-state index in [-0.39, 0.29) is 0 Å². The molecule has 1 aromatic carbocycles. The molecule has 0 aliphatic rings. The van der Waals surface area contributed by atoms with Crippen LogP contribution in [0.4, 0.5) is 13.2 Å². The Hall–Kier alpha value is -1.59. The van der Waals surface area contributed by atoms with Crippen LogP contribution in [0.1, 0.15) is 0 Å². The molecule has 6 heteroatoms. The van der Waals surface area contributed by atoms with Gasteiger partial charge in [0.2, 0.25) is 34.7 Å². The number of hydrogen-bond donors (Lipinski definition) is 3. The topological polar surface area (TPSA) is 60.7 Å². The molecule has 12 heavy (non-hydrogen) atoms. The van der Waals surface area contributed by atoms with Crippen molar-refractivity contribution in [2.24, 2.45) is 0 Å². The second-order valence-electron chi connectivity index (χ2n) is 1.99. The minimum atomic E-state index is -2.04. The van der Waals surface area contributed by atoms with Crippen molar-refractivity contribution in [1.82, 2.24) is 0 Å². The first-order valence-electron chi connectivity index (χ1n) is 2.74. The van der Waals surface area contributed by atoms with Gasteiger partial charge >= 0.3 is 0 Å². The van der Waals surface area contributed by atoms with Crippen molar-refractivity contribution < 1.29 is 28.5 Å². The summed E-state index contributed by atoms with van der Waals surface area (Å²) in [5.74, 6) is -10.4. The number of aromatic hydroxyl groups is 3. The summed E-state index contributed by atoms with van der Waals surface area (Å²) in [6.45, 7) is 0. The average Bonchev–Trinajstić information content (AvgIpc) is 2.08. The average molecular weight is 180 g/mol. The van der Waals surface area contributed by atoms with Crippen molar-refractivity contribution in [3.63, 3.8) is 0 Å². The zero-order chi connectivity index (χ0) is 9.46. The molecule has 1 rings (SSSR count). The summed E-state index contributed by atoms with van der Waals surface area (Å²) >= 11 is 0. The number of rotatable bonds is 0. The molecular formula is C6H3F3O3. The van der Waals surface area contributed by atoms with Crippen molar-refractivity contribution >= 4 is 0 Å². The zero-order valence-corrected chi connectivity index (χ0v) is 5.48. The summed E-state index contributed by atoms with van der Waals surface area (Å²) in [6, 6.07) is 0. The van der Waals surface area contributed by atoms with Crippen LogP contribution in [0, 0.1) is 17.5 Å². The Bertz CT molecular complexity index is 232. The van der Waals surface area contributed by atoms with Gasteiger partial charge in [-0.2, -0.15) is 8.78 Å². The van der Waals surface area contributed by atoms with Crippen LogP contribution < -0.4 is 0 Å². The second-order valence-corrected chi connectivity index (χ2v) is 1.99. The molecule has 0 aliphatic heterocycles. The molecule has 0 amide bonds. The molecule has 0 saturated carbocycles. The van der Waals surface area contributed by atoms with Crippen molar-refractivity contribution in [3.05, 3.63) is 17.5 Å². The molecule has 0 saturated heterocycles. The first-order chi connectivity index (χ1) is 5.46. The van der Waals surface area contributed by atoms with E-state index in [1.165, 1.54) is 0 Å². The third-order valence-corrected chi connectivity index (χ3v) is 1.25. The third-order valence-electron chi connectivity index (χ3n) is 1.25. The Morgan fingerprint density at radius 3 is 1.25 bits per heavy atom. The molecular weight excluding hydrogens is 177 g/mol. The Labute approximate surface area is 64.3 Å². The van der Waals surface area contributed by atoms with Gasteiger partial charge < -0.3 is 15.3 Å². The fourth-order valence-electron chi connectivity index (χ4n) is 0.624. The largest absolute Gasteiger partial charge is 0.502 e. The molecule has 0 spiro atoms. The van der Waals surface area contributed by atoms with Gasteiger partial charge in [0.15, 0.2) is 0 Å². The minimum absolute atomic E-state index is 1.42. The summed E-state index contributed by atoms with van der Waals surface area (Å²) in [5.41, 5.74) is 0. The van der Waals surface area contributed by atoms with Crippen LogP contribution in [-0.2, 0) is 0 Å². The van der Waals surface area contributed by atoms with E-state index in [0.717, 1.165) is 0 Å². The summed E-state index contributed by atoms with van der Waals surface area (Å²) < 4.78 is 36.8. The molecule has 0 fully saturated rings. The lowest BCUT2D eigenvalue weighted by Crippen LogP contribution is -1.92. The Morgan fingerprint density at radius 2 is 0.917 bits per heavy atom. The van der Waals surface area contributed by atoms with Gasteiger partial charge in [-0.3, -0.25) is 0 Å². The van der Waals surface area contributed by atoms with E-state index in [2.05, 4.69) is 0 Å². The third kappa shape index (κ3) is 0.919. The van der Waals surface area contributed by atoms with E-state index < -0.39 is 34.7 Å². The fraction of sp³-hybridized carbons (Fsp3) is 0. The van der Waals surface area contributed by atoms with Gasteiger partial charge in [-0.1, -0.05) is 0 Å². The van der Waals surface area contributed by atoms with Crippen LogP contribution in [0.3, 0.4) is 0 Å². The maximum atomic E-state index is 12.3. The molecule has 1 aromatic rings. The Kier molecular flexibility index (Phi) is 1.75. The molecule has 66 valence electrons. The Morgan fingerprint density at radius 1 is 0.583 bits per heavy atom. The SMILES string of the molecule is Oc1c(O)c(F)c(F)c(F)c1O. The van der Waals surface area contributed by atoms with E-state index >= 15 is 0 Å². The van der Waals surface area contributed by atoms with Crippen molar-refractivity contribution in [1.29, 1.82) is 0 Å². The molecule has 0 atom stereocenters. The molecule has 0 heterocycles. The van der Waals surface area contributed by atoms with Crippen LogP contribution in [-0.4, -0.2) is 15.3 Å². The molecule has 0 bridgehead atoms. The van der Waals surface area contributed by atoms with E-state index in [1.807, 2.05) is 0 Å². The summed E-state index contributed by atoms with van der Waals surface area (Å²) in [6.07, 6.45) is 0. The smallest absolute Gasteiger partial charge is 0.207 e. The standard InChI is InChI=1S/C6H3F3O3/c7-1-2(8)4(10)6(12)5(11)3(1)9/h10-12H. The van der Waals surface area contributed by atoms with E-state index in [4.69, 9.17) is 15.3 Å². The highest BCUT2D eigenvalue weighted by Gasteiger charge is 2.23. The van der Waals surface area contributed by atoms with Crippen LogP contribution in [0.5, 0.6) is 17.2 Å². The first kappa shape index (κ1) is 8.51. The molecule has 3 nitrogen and oxygen atoms in total. The van der Waals surface area contributed by atoms with Crippen LogP contribution in [0.2, 0.25) is 0 Å². The molecule has 3 N–H and O–H groups in total. The van der Waals surface area contributed by atoms with Gasteiger partial charge in [-0.15, -0.1) is 0 Å². The number of benzene rings is 1. The van der Waals surface area contributed by atoms with Crippen molar-refractivity contribution in [2.75, 3.05) is 0 Å². The fourth-order valence-corrected chi connectivity index (χ4v) is 0.624. The summed E-state index contributed by atoms with van der Waals surface area (Å²) in [5, 5.41) is 25.5. The lowest BCUT2D eigenvalue weighted by molar-refractivity contribution is 0.313. The van der Waals surface area contributed by atoms with Gasteiger partial charge in [0, 0.05) is 0 Å². The summed E-state index contributed by atoms with van der Waals surface area (Å²) in [4.78, 5) is 0. The lowest BCUT2D eigenvalue weighted by Gasteiger charge is -2.03. The normalized spacial score (nSPS) is 10.2. The monoisotopic (exact) mass is 180 g/mol. The van der Waals surface area contributed by atoms with Crippen LogP contribution in [0.25, 0.3) is 0 Å². The molecule has 0 aromatic heterocycles. The van der Waals surface area contributed by atoms with Gasteiger partial charge in [0.25, 0.3) is 0 Å². The Balaban J connectivity index is 3.60. The van der Waals surface area contributed by atoms with Gasteiger partial charge in [-0.05, 0) is 0 Å². The van der Waals surface area contributed by atoms with Crippen LogP contribution in [0.15, 0.2) is 0 Å². The number of halogens is 3. The summed E-state index contributed by atoms with van der Waals surface area (Å²) in [7, 11) is 0. The highest BCUT2D eigenvalue weighted by molar-refractivity contribution is 5.50. The van der Waals surface area contributed by atoms with E-state index in [9.17, 15) is 13.2 Å². The number of phenolic OH excluding ortho intramolecular Hbond substituents is 3. The molecule has 0 unspecified atom stereocenters. The lowest BCUT2D eigenvalue weighted by atomic mass is 10.2. The predicted molar refractivity (Wildman–Crippen MR) is 31.3 cm³/mol. The maximum Gasteiger partial charge on any atom is 0.207 e. The number of hydrogen-bond acceptors (Lipinski definition) is 3. The highest BCUT2D eigenvalue weighted by Crippen LogP contribution is 2.40. The van der Waals surface area contributed by atoms with Gasteiger partial charge in [-0.25, -0.2) is 4.39 Å². The highest BCUT2D eigenvalue weighted by atomic mass is 19.2. The predicted octanol–water partition coefficient (Wildman–Crippen LogP) is 1.22. The van der Waals surface area contributed by atoms with Crippen molar-refractivity contribution in [3.8, 4) is 17.2 Å². The van der Waals surface area contributed by atoms with Crippen LogP contribution >= 0.6 is 0 Å². The quantitative estimate of drug-likeness (QED) is 0.415. The molecule has 0 aliphatic carbocycles. The first-order valence-corrected chi connectivity index (χ1v) is 2.74. The van der Waals surface area contributed by atoms with Crippen molar-refractivity contribution in [2.45, 2.75) is 0 Å². The van der Waals surface area contributed by atoms with Gasteiger partial charge in [0.1, 0.15) is 0 Å². The zero-order valence-electron chi connectivity index (χ0n) is 5.48. The second kappa shape index (κ2) is 2.47. The van der Waals surface area contributed by atoms with Gasteiger partial charge in [0.05, 0.1) is 0 Å². The van der Waals surface area contributed by atoms with E-state index in [0.29, 0.717) is 0 Å². The minimum Gasteiger partial charge on any atom is -0.502 e. The maximum absolute atomic E-state index is 12.3.